The molecular weight excluding hydrogens is 272 g/mol. The molecule has 1 N–H and O–H groups in total. The van der Waals surface area contributed by atoms with Gasteiger partial charge in [-0.25, -0.2) is 0 Å². The summed E-state index contributed by atoms with van der Waals surface area (Å²) < 4.78 is 0. The van der Waals surface area contributed by atoms with Crippen molar-refractivity contribution in [1.29, 1.82) is 0 Å². The predicted molar refractivity (Wildman–Crippen MR) is 87.7 cm³/mol. The molecule has 1 aliphatic carbocycles. The fourth-order valence-corrected chi connectivity index (χ4v) is 3.88. The van der Waals surface area contributed by atoms with Crippen LogP contribution >= 0.6 is 0 Å². The number of hydrogen-bond donors (Lipinski definition) is 1. The maximum atomic E-state index is 11.7. The van der Waals surface area contributed by atoms with Crippen LogP contribution in [0.5, 0.6) is 0 Å². The van der Waals surface area contributed by atoms with Crippen LogP contribution in [0.2, 0.25) is 0 Å². The van der Waals surface area contributed by atoms with Crippen molar-refractivity contribution in [3.63, 3.8) is 0 Å². The highest BCUT2D eigenvalue weighted by molar-refractivity contribution is 5.79. The molecule has 0 spiro atoms. The Balaban J connectivity index is 2.05. The lowest BCUT2D eigenvalue weighted by molar-refractivity contribution is -0.126. The van der Waals surface area contributed by atoms with Gasteiger partial charge >= 0.3 is 0 Å². The summed E-state index contributed by atoms with van der Waals surface area (Å²) in [5.74, 6) is -0.122. The normalized spacial score (nSPS) is 23.9. The van der Waals surface area contributed by atoms with E-state index in [1.165, 1.54) is 11.1 Å². The summed E-state index contributed by atoms with van der Waals surface area (Å²) in [4.78, 5) is 11.7. The van der Waals surface area contributed by atoms with Crippen LogP contribution < -0.4 is 0 Å². The van der Waals surface area contributed by atoms with Gasteiger partial charge in [-0.15, -0.1) is 0 Å². The molecular formula is C20H22O2. The Hall–Kier alpha value is -1.93. The highest BCUT2D eigenvalue weighted by Crippen LogP contribution is 2.46. The lowest BCUT2D eigenvalue weighted by atomic mass is 9.61. The maximum absolute atomic E-state index is 11.7. The van der Waals surface area contributed by atoms with Crippen molar-refractivity contribution >= 4 is 5.78 Å². The van der Waals surface area contributed by atoms with E-state index in [-0.39, 0.29) is 17.1 Å². The lowest BCUT2D eigenvalue weighted by Crippen LogP contribution is -2.43. The number of aliphatic hydroxyl groups is 1. The minimum Gasteiger partial charge on any atom is -0.392 e. The molecule has 2 aromatic rings. The number of aliphatic hydroxyl groups excluding tert-OH is 1. The van der Waals surface area contributed by atoms with Crippen LogP contribution in [0.25, 0.3) is 0 Å². The van der Waals surface area contributed by atoms with Crippen LogP contribution in [0.3, 0.4) is 0 Å². The van der Waals surface area contributed by atoms with Crippen molar-refractivity contribution in [2.24, 2.45) is 5.92 Å². The first kappa shape index (κ1) is 15.0. The zero-order chi connectivity index (χ0) is 15.6. The number of ketones is 1. The van der Waals surface area contributed by atoms with E-state index in [0.29, 0.717) is 6.42 Å². The van der Waals surface area contributed by atoms with Crippen molar-refractivity contribution < 1.29 is 9.90 Å². The van der Waals surface area contributed by atoms with Crippen molar-refractivity contribution in [3.8, 4) is 0 Å². The zero-order valence-corrected chi connectivity index (χ0v) is 12.9. The van der Waals surface area contributed by atoms with Crippen LogP contribution in [-0.2, 0) is 10.2 Å². The predicted octanol–water partition coefficient (Wildman–Crippen LogP) is 3.72. The van der Waals surface area contributed by atoms with E-state index in [2.05, 4.69) is 24.3 Å². The number of carbonyl (C=O) groups excluding carboxylic acids is 1. The Kier molecular flexibility index (Phi) is 4.12. The second-order valence-electron chi connectivity index (χ2n) is 6.34. The molecule has 0 aromatic heterocycles. The summed E-state index contributed by atoms with van der Waals surface area (Å²) >= 11 is 0. The summed E-state index contributed by atoms with van der Waals surface area (Å²) in [7, 11) is 0. The SMILES string of the molecule is CC(=O)[C@@H]1CCC(c2ccccc2)(c2ccccc2)C[C@H]1O. The minimum atomic E-state index is -0.577. The fourth-order valence-electron chi connectivity index (χ4n) is 3.88. The zero-order valence-electron chi connectivity index (χ0n) is 12.9. The van der Waals surface area contributed by atoms with Crippen molar-refractivity contribution in [2.45, 2.75) is 37.7 Å². The van der Waals surface area contributed by atoms with Gasteiger partial charge in [0.15, 0.2) is 0 Å². The van der Waals surface area contributed by atoms with Gasteiger partial charge < -0.3 is 5.11 Å². The second kappa shape index (κ2) is 6.05. The molecule has 2 aromatic carbocycles. The lowest BCUT2D eigenvalue weighted by Gasteiger charge is -2.43. The average molecular weight is 294 g/mol. The Morgan fingerprint density at radius 1 is 1.00 bits per heavy atom. The number of Topliss-reactive ketones (excluding diaryl/α,β-unsaturated/α-hetero) is 1. The first-order valence-electron chi connectivity index (χ1n) is 7.93. The van der Waals surface area contributed by atoms with Gasteiger partial charge in [0.2, 0.25) is 0 Å². The molecule has 0 heterocycles. The molecule has 1 aliphatic rings. The van der Waals surface area contributed by atoms with Gasteiger partial charge in [0.25, 0.3) is 0 Å². The largest absolute Gasteiger partial charge is 0.392 e. The Morgan fingerprint density at radius 2 is 1.50 bits per heavy atom. The Bertz CT molecular complexity index is 594. The van der Waals surface area contributed by atoms with Crippen LogP contribution in [-0.4, -0.2) is 17.0 Å². The molecule has 0 amide bonds. The summed E-state index contributed by atoms with van der Waals surface area (Å²) in [5.41, 5.74) is 2.25. The van der Waals surface area contributed by atoms with Crippen LogP contribution in [0.15, 0.2) is 60.7 Å². The molecule has 2 atom stereocenters. The molecule has 0 saturated heterocycles. The molecule has 2 heteroatoms. The first-order chi connectivity index (χ1) is 10.6. The number of rotatable bonds is 3. The quantitative estimate of drug-likeness (QED) is 0.936. The van der Waals surface area contributed by atoms with Gasteiger partial charge in [0, 0.05) is 11.3 Å². The van der Waals surface area contributed by atoms with Crippen molar-refractivity contribution in [1.82, 2.24) is 0 Å². The molecule has 0 bridgehead atoms. The Labute approximate surface area is 131 Å². The van der Waals surface area contributed by atoms with Crippen molar-refractivity contribution in [2.75, 3.05) is 0 Å². The third kappa shape index (κ3) is 2.59. The van der Waals surface area contributed by atoms with E-state index in [1.54, 1.807) is 6.92 Å². The standard InChI is InChI=1S/C20H22O2/c1-15(21)18-12-13-20(14-19(18)22,16-8-4-2-5-9-16)17-10-6-3-7-11-17/h2-11,18-19,22H,12-14H2,1H3/t18-,19+/m0/s1. The molecule has 2 nitrogen and oxygen atoms in total. The molecule has 0 unspecified atom stereocenters. The van der Waals surface area contributed by atoms with E-state index in [0.717, 1.165) is 12.8 Å². The monoisotopic (exact) mass is 294 g/mol. The molecule has 1 saturated carbocycles. The van der Waals surface area contributed by atoms with Gasteiger partial charge in [-0.3, -0.25) is 4.79 Å². The molecule has 0 radical (unpaired) electrons. The molecule has 0 aliphatic heterocycles. The summed E-state index contributed by atoms with van der Waals surface area (Å²) in [6, 6.07) is 20.7. The van der Waals surface area contributed by atoms with Gasteiger partial charge in [0.05, 0.1) is 6.10 Å². The smallest absolute Gasteiger partial charge is 0.135 e. The minimum absolute atomic E-state index is 0.0993. The summed E-state index contributed by atoms with van der Waals surface area (Å²) in [6.07, 6.45) is 1.65. The van der Waals surface area contributed by atoms with Gasteiger partial charge in [-0.05, 0) is 37.3 Å². The van der Waals surface area contributed by atoms with Crippen LogP contribution in [0, 0.1) is 5.92 Å². The third-order valence-corrected chi connectivity index (χ3v) is 5.08. The van der Waals surface area contributed by atoms with Crippen molar-refractivity contribution in [3.05, 3.63) is 71.8 Å². The number of hydrogen-bond acceptors (Lipinski definition) is 2. The average Bonchev–Trinajstić information content (AvgIpc) is 2.56. The first-order valence-corrected chi connectivity index (χ1v) is 7.93. The summed E-state index contributed by atoms with van der Waals surface area (Å²) in [6.45, 7) is 1.59. The topological polar surface area (TPSA) is 37.3 Å². The number of carbonyl (C=O) groups is 1. The van der Waals surface area contributed by atoms with E-state index in [9.17, 15) is 9.90 Å². The van der Waals surface area contributed by atoms with E-state index in [4.69, 9.17) is 0 Å². The highest BCUT2D eigenvalue weighted by atomic mass is 16.3. The van der Waals surface area contributed by atoms with Crippen LogP contribution in [0.4, 0.5) is 0 Å². The molecule has 3 rings (SSSR count). The van der Waals surface area contributed by atoms with E-state index >= 15 is 0 Å². The number of benzene rings is 2. The highest BCUT2D eigenvalue weighted by Gasteiger charge is 2.43. The van der Waals surface area contributed by atoms with Gasteiger partial charge in [-0.1, -0.05) is 60.7 Å². The molecule has 22 heavy (non-hydrogen) atoms. The van der Waals surface area contributed by atoms with Gasteiger partial charge in [0.1, 0.15) is 5.78 Å². The molecule has 1 fully saturated rings. The van der Waals surface area contributed by atoms with Gasteiger partial charge in [-0.2, -0.15) is 0 Å². The second-order valence-corrected chi connectivity index (χ2v) is 6.34. The fraction of sp³-hybridized carbons (Fsp3) is 0.350. The van der Waals surface area contributed by atoms with E-state index < -0.39 is 6.10 Å². The third-order valence-electron chi connectivity index (χ3n) is 5.08. The van der Waals surface area contributed by atoms with Crippen LogP contribution in [0.1, 0.15) is 37.3 Å². The summed E-state index contributed by atoms with van der Waals surface area (Å²) in [5, 5.41) is 10.6. The maximum Gasteiger partial charge on any atom is 0.135 e. The Morgan fingerprint density at radius 3 is 1.91 bits per heavy atom. The molecule has 114 valence electrons. The van der Waals surface area contributed by atoms with E-state index in [1.807, 2.05) is 36.4 Å².